The van der Waals surface area contributed by atoms with Crippen molar-refractivity contribution < 1.29 is 37.6 Å². The molecule has 0 aromatic rings. The normalized spacial score (nSPS) is 13.9. The van der Waals surface area contributed by atoms with Crippen LogP contribution in [0.4, 0.5) is 0 Å². The number of likely N-dealkylation sites (N-methyl/N-ethyl adjacent to an activating group) is 1. The number of hydrogen-bond acceptors (Lipinski definition) is 8. The van der Waals surface area contributed by atoms with E-state index in [0.717, 1.165) is 44.9 Å². The van der Waals surface area contributed by atoms with E-state index in [4.69, 9.17) is 18.5 Å². The quantitative estimate of drug-likeness (QED) is 0.0297. The number of phosphoric acid groups is 1. The average Bonchev–Trinajstić information content (AvgIpc) is 3.06. The van der Waals surface area contributed by atoms with Crippen LogP contribution in [0, 0.1) is 0 Å². The molecule has 0 saturated heterocycles. The van der Waals surface area contributed by atoms with Gasteiger partial charge in [-0.1, -0.05) is 127 Å². The largest absolute Gasteiger partial charge is 0.472 e. The molecule has 286 valence electrons. The Morgan fingerprint density at radius 3 is 1.67 bits per heavy atom. The molecule has 0 aliphatic carbocycles. The maximum Gasteiger partial charge on any atom is 0.472 e. The second-order valence-corrected chi connectivity index (χ2v) is 14.6. The predicted octanol–water partition coefficient (Wildman–Crippen LogP) is 10.4. The fourth-order valence-corrected chi connectivity index (χ4v) is 5.67. The van der Waals surface area contributed by atoms with Crippen molar-refractivity contribution >= 4 is 19.8 Å². The minimum Gasteiger partial charge on any atom is -0.462 e. The molecule has 0 saturated carbocycles. The van der Waals surface area contributed by atoms with Crippen molar-refractivity contribution in [3.05, 3.63) is 36.5 Å². The number of hydrogen-bond donors (Lipinski definition) is 1. The molecule has 0 aromatic heterocycles. The van der Waals surface area contributed by atoms with Gasteiger partial charge in [-0.2, -0.15) is 0 Å². The average molecular weight is 714 g/mol. The van der Waals surface area contributed by atoms with E-state index >= 15 is 0 Å². The van der Waals surface area contributed by atoms with E-state index in [9.17, 15) is 19.0 Å². The summed E-state index contributed by atoms with van der Waals surface area (Å²) in [6, 6.07) is 0. The van der Waals surface area contributed by atoms with Crippen molar-refractivity contribution in [3.8, 4) is 0 Å². The van der Waals surface area contributed by atoms with Crippen LogP contribution >= 0.6 is 7.82 Å². The van der Waals surface area contributed by atoms with Crippen molar-refractivity contribution in [2.24, 2.45) is 0 Å². The Labute approximate surface area is 299 Å². The second-order valence-electron chi connectivity index (χ2n) is 13.1. The number of carbonyl (C=O) groups excluding carboxylic acids is 2. The molecule has 0 spiro atoms. The highest BCUT2D eigenvalue weighted by molar-refractivity contribution is 7.47. The smallest absolute Gasteiger partial charge is 0.462 e. The first kappa shape index (κ1) is 47.2. The van der Waals surface area contributed by atoms with Crippen LogP contribution < -0.4 is 0 Å². The number of esters is 2. The van der Waals surface area contributed by atoms with Gasteiger partial charge in [0.2, 0.25) is 0 Å². The summed E-state index contributed by atoms with van der Waals surface area (Å²) in [7, 11) is -0.725. The summed E-state index contributed by atoms with van der Waals surface area (Å²) in [6.45, 7) is 4.22. The molecule has 0 radical (unpaired) electrons. The summed E-state index contributed by atoms with van der Waals surface area (Å²) < 4.78 is 33.3. The van der Waals surface area contributed by atoms with Crippen molar-refractivity contribution in [2.45, 2.75) is 161 Å². The van der Waals surface area contributed by atoms with Crippen LogP contribution in [0.25, 0.3) is 0 Å². The summed E-state index contributed by atoms with van der Waals surface area (Å²) in [4.78, 5) is 36.8. The SMILES string of the molecule is CCCCC/C=C\C/C=C\C/C=C\CCCCC(=O)OCC(COP(=O)(O)OCCN(C)C)OC(=O)CCCCCCCCCCCCC. The first-order chi connectivity index (χ1) is 23.7. The molecule has 0 aliphatic heterocycles. The van der Waals surface area contributed by atoms with Crippen LogP contribution in [0.2, 0.25) is 0 Å². The van der Waals surface area contributed by atoms with Gasteiger partial charge in [0.15, 0.2) is 6.10 Å². The molecule has 2 atom stereocenters. The monoisotopic (exact) mass is 713 g/mol. The Hall–Kier alpha value is -1.77. The van der Waals surface area contributed by atoms with E-state index in [0.29, 0.717) is 19.4 Å². The summed E-state index contributed by atoms with van der Waals surface area (Å²) in [5.41, 5.74) is 0. The van der Waals surface area contributed by atoms with Crippen molar-refractivity contribution in [2.75, 3.05) is 40.5 Å². The van der Waals surface area contributed by atoms with Crippen molar-refractivity contribution in [1.29, 1.82) is 0 Å². The highest BCUT2D eigenvalue weighted by Gasteiger charge is 2.26. The second kappa shape index (κ2) is 34.7. The molecule has 2 unspecified atom stereocenters. The third kappa shape index (κ3) is 35.8. The zero-order valence-corrected chi connectivity index (χ0v) is 32.5. The lowest BCUT2D eigenvalue weighted by atomic mass is 10.1. The molecule has 0 aromatic carbocycles. The van der Waals surface area contributed by atoms with Crippen LogP contribution in [-0.4, -0.2) is 68.3 Å². The molecule has 10 heteroatoms. The molecule has 0 bridgehead atoms. The van der Waals surface area contributed by atoms with Gasteiger partial charge in [0.05, 0.1) is 13.2 Å². The zero-order chi connectivity index (χ0) is 36.3. The Bertz CT molecular complexity index is 921. The zero-order valence-electron chi connectivity index (χ0n) is 31.6. The lowest BCUT2D eigenvalue weighted by Gasteiger charge is -2.20. The summed E-state index contributed by atoms with van der Waals surface area (Å²) in [5, 5.41) is 0. The van der Waals surface area contributed by atoms with E-state index in [1.165, 1.54) is 70.6 Å². The topological polar surface area (TPSA) is 112 Å². The Morgan fingerprint density at radius 2 is 1.10 bits per heavy atom. The van der Waals surface area contributed by atoms with Crippen LogP contribution in [0.5, 0.6) is 0 Å². The standard InChI is InChI=1S/C39H72NO8P/c1-5-7-9-11-13-15-17-18-19-20-22-23-25-27-29-31-38(41)45-35-37(36-47-49(43,44)46-34-33-40(3)4)48-39(42)32-30-28-26-24-21-16-14-12-10-8-6-2/h13,15,18-19,22-23,37H,5-12,14,16-17,20-21,24-36H2,1-4H3,(H,43,44)/b15-13-,19-18-,23-22-. The third-order valence-corrected chi connectivity index (χ3v) is 8.93. The van der Waals surface area contributed by atoms with Crippen molar-refractivity contribution in [1.82, 2.24) is 4.90 Å². The summed E-state index contributed by atoms with van der Waals surface area (Å²) in [5.74, 6) is -0.849. The van der Waals surface area contributed by atoms with E-state index < -0.39 is 32.5 Å². The number of rotatable bonds is 35. The molecule has 49 heavy (non-hydrogen) atoms. The minimum absolute atomic E-state index is 0.00180. The van der Waals surface area contributed by atoms with Gasteiger partial charge in [-0.05, 0) is 65.5 Å². The van der Waals surface area contributed by atoms with E-state index in [1.54, 1.807) is 0 Å². The van der Waals surface area contributed by atoms with Crippen LogP contribution in [0.1, 0.15) is 155 Å². The predicted molar refractivity (Wildman–Crippen MR) is 201 cm³/mol. The minimum atomic E-state index is -4.36. The van der Waals surface area contributed by atoms with Gasteiger partial charge in [0.25, 0.3) is 0 Å². The Balaban J connectivity index is 4.42. The first-order valence-electron chi connectivity index (χ1n) is 19.3. The maximum absolute atomic E-state index is 12.6. The van der Waals surface area contributed by atoms with Gasteiger partial charge in [0, 0.05) is 19.4 Å². The molecule has 0 amide bonds. The van der Waals surface area contributed by atoms with E-state index in [1.807, 2.05) is 19.0 Å². The number of nitrogens with zero attached hydrogens (tertiary/aromatic N) is 1. The Morgan fingerprint density at radius 1 is 0.633 bits per heavy atom. The lowest BCUT2D eigenvalue weighted by Crippen LogP contribution is -2.29. The summed E-state index contributed by atoms with van der Waals surface area (Å²) >= 11 is 0. The molecular weight excluding hydrogens is 641 g/mol. The van der Waals surface area contributed by atoms with Crippen LogP contribution in [0.3, 0.4) is 0 Å². The fraction of sp³-hybridized carbons (Fsp3) is 0.795. The molecular formula is C39H72NO8P. The van der Waals surface area contributed by atoms with Crippen LogP contribution in [-0.2, 0) is 32.7 Å². The fourth-order valence-electron chi connectivity index (χ4n) is 4.93. The van der Waals surface area contributed by atoms with Gasteiger partial charge < -0.3 is 19.3 Å². The van der Waals surface area contributed by atoms with E-state index in [2.05, 4.69) is 50.3 Å². The lowest BCUT2D eigenvalue weighted by molar-refractivity contribution is -0.161. The Kier molecular flexibility index (Phi) is 33.4. The highest BCUT2D eigenvalue weighted by Crippen LogP contribution is 2.43. The van der Waals surface area contributed by atoms with Gasteiger partial charge in [-0.25, -0.2) is 4.57 Å². The molecule has 0 heterocycles. The molecule has 0 rings (SSSR count). The molecule has 0 aliphatic rings. The van der Waals surface area contributed by atoms with Gasteiger partial charge in [-0.3, -0.25) is 18.6 Å². The van der Waals surface area contributed by atoms with Gasteiger partial charge in [-0.15, -0.1) is 0 Å². The van der Waals surface area contributed by atoms with Crippen LogP contribution in [0.15, 0.2) is 36.5 Å². The maximum atomic E-state index is 12.6. The molecule has 9 nitrogen and oxygen atoms in total. The third-order valence-electron chi connectivity index (χ3n) is 7.95. The number of allylic oxidation sites excluding steroid dienone is 6. The summed E-state index contributed by atoms with van der Waals surface area (Å²) in [6.07, 6.45) is 34.8. The number of unbranched alkanes of at least 4 members (excludes halogenated alkanes) is 15. The number of phosphoric ester groups is 1. The molecule has 0 fully saturated rings. The van der Waals surface area contributed by atoms with Crippen molar-refractivity contribution in [3.63, 3.8) is 0 Å². The highest BCUT2D eigenvalue weighted by atomic mass is 31.2. The van der Waals surface area contributed by atoms with E-state index in [-0.39, 0.29) is 26.1 Å². The van der Waals surface area contributed by atoms with Gasteiger partial charge >= 0.3 is 19.8 Å². The number of carbonyl (C=O) groups is 2. The van der Waals surface area contributed by atoms with Gasteiger partial charge in [0.1, 0.15) is 6.61 Å². The number of ether oxygens (including phenoxy) is 2. The molecule has 1 N–H and O–H groups in total. The first-order valence-corrected chi connectivity index (χ1v) is 20.8.